The van der Waals surface area contributed by atoms with E-state index >= 15 is 0 Å². The highest BCUT2D eigenvalue weighted by molar-refractivity contribution is 9.10. The molecule has 17 heavy (non-hydrogen) atoms. The van der Waals surface area contributed by atoms with Crippen LogP contribution >= 0.6 is 15.9 Å². The Morgan fingerprint density at radius 1 is 1.41 bits per heavy atom. The quantitative estimate of drug-likeness (QED) is 0.927. The SMILES string of the molecule is CN(C)C(C)(C)C(N)Cc1ccc(F)c(Br)c1. The van der Waals surface area contributed by atoms with Crippen LogP contribution in [0, 0.1) is 5.82 Å². The van der Waals surface area contributed by atoms with Gasteiger partial charge in [0.1, 0.15) is 5.82 Å². The van der Waals surface area contributed by atoms with E-state index < -0.39 is 0 Å². The van der Waals surface area contributed by atoms with Gasteiger partial charge in [0.05, 0.1) is 4.47 Å². The molecule has 1 atom stereocenters. The van der Waals surface area contributed by atoms with Gasteiger partial charge in [0, 0.05) is 11.6 Å². The summed E-state index contributed by atoms with van der Waals surface area (Å²) in [6.07, 6.45) is 0.726. The van der Waals surface area contributed by atoms with Crippen LogP contribution in [0.1, 0.15) is 19.4 Å². The zero-order valence-corrected chi connectivity index (χ0v) is 12.4. The summed E-state index contributed by atoms with van der Waals surface area (Å²) in [6.45, 7) is 4.21. The molecule has 1 aromatic rings. The monoisotopic (exact) mass is 302 g/mol. The molecule has 0 bridgehead atoms. The number of hydrogen-bond donors (Lipinski definition) is 1. The minimum atomic E-state index is -0.241. The highest BCUT2D eigenvalue weighted by Gasteiger charge is 2.28. The van der Waals surface area contributed by atoms with Crippen LogP contribution in [-0.2, 0) is 6.42 Å². The fraction of sp³-hybridized carbons (Fsp3) is 0.538. The molecule has 0 aliphatic heterocycles. The third kappa shape index (κ3) is 3.50. The van der Waals surface area contributed by atoms with Crippen LogP contribution in [0.4, 0.5) is 4.39 Å². The van der Waals surface area contributed by atoms with Crippen molar-refractivity contribution in [3.63, 3.8) is 0 Å². The van der Waals surface area contributed by atoms with Gasteiger partial charge in [0.25, 0.3) is 0 Å². The zero-order valence-electron chi connectivity index (χ0n) is 10.8. The molecule has 0 aliphatic rings. The standard InChI is InChI=1S/C13H20BrFN2/c1-13(2,17(3)4)12(16)8-9-5-6-11(15)10(14)7-9/h5-7,12H,8,16H2,1-4H3. The first-order chi connectivity index (χ1) is 7.75. The second-order valence-corrected chi connectivity index (χ2v) is 5.96. The van der Waals surface area contributed by atoms with Crippen LogP contribution < -0.4 is 5.73 Å². The normalized spacial score (nSPS) is 14.1. The van der Waals surface area contributed by atoms with E-state index in [1.165, 1.54) is 6.07 Å². The second kappa shape index (κ2) is 5.46. The van der Waals surface area contributed by atoms with Crippen LogP contribution in [0.25, 0.3) is 0 Å². The van der Waals surface area contributed by atoms with Gasteiger partial charge in [-0.05, 0) is 68.0 Å². The maximum atomic E-state index is 13.1. The molecule has 0 heterocycles. The number of likely N-dealkylation sites (N-methyl/N-ethyl adjacent to an activating group) is 1. The highest BCUT2D eigenvalue weighted by Crippen LogP contribution is 2.21. The number of hydrogen-bond acceptors (Lipinski definition) is 2. The maximum absolute atomic E-state index is 13.1. The molecule has 1 aromatic carbocycles. The van der Waals surface area contributed by atoms with Crippen molar-refractivity contribution in [1.29, 1.82) is 0 Å². The van der Waals surface area contributed by atoms with Crippen LogP contribution in [0.3, 0.4) is 0 Å². The van der Waals surface area contributed by atoms with Crippen LogP contribution in [-0.4, -0.2) is 30.6 Å². The molecule has 0 saturated carbocycles. The molecule has 96 valence electrons. The van der Waals surface area contributed by atoms with Crippen molar-refractivity contribution in [2.75, 3.05) is 14.1 Å². The molecule has 1 rings (SSSR count). The lowest BCUT2D eigenvalue weighted by Gasteiger charge is -2.38. The summed E-state index contributed by atoms with van der Waals surface area (Å²) in [7, 11) is 4.03. The van der Waals surface area contributed by atoms with Crippen LogP contribution in [0.2, 0.25) is 0 Å². The molecule has 0 aromatic heterocycles. The first-order valence-corrected chi connectivity index (χ1v) is 6.41. The van der Waals surface area contributed by atoms with Crippen molar-refractivity contribution < 1.29 is 4.39 Å². The second-order valence-electron chi connectivity index (χ2n) is 5.11. The molecule has 0 spiro atoms. The van der Waals surface area contributed by atoms with Crippen molar-refractivity contribution in [3.05, 3.63) is 34.1 Å². The summed E-state index contributed by atoms with van der Waals surface area (Å²) in [5.41, 5.74) is 7.17. The lowest BCUT2D eigenvalue weighted by atomic mass is 9.89. The molecule has 0 fully saturated rings. The Kier molecular flexibility index (Phi) is 4.69. The minimum Gasteiger partial charge on any atom is -0.326 e. The Hall–Kier alpha value is -0.450. The number of halogens is 2. The first kappa shape index (κ1) is 14.6. The summed E-state index contributed by atoms with van der Waals surface area (Å²) >= 11 is 3.19. The van der Waals surface area contributed by atoms with Crippen LogP contribution in [0.15, 0.2) is 22.7 Å². The van der Waals surface area contributed by atoms with Gasteiger partial charge in [0.15, 0.2) is 0 Å². The molecule has 2 N–H and O–H groups in total. The predicted molar refractivity (Wildman–Crippen MR) is 73.5 cm³/mol. The molecule has 0 amide bonds. The van der Waals surface area contributed by atoms with E-state index in [2.05, 4.69) is 34.7 Å². The number of nitrogens with two attached hydrogens (primary N) is 1. The summed E-state index contributed by atoms with van der Waals surface area (Å²) in [5.74, 6) is -0.241. The topological polar surface area (TPSA) is 29.3 Å². The summed E-state index contributed by atoms with van der Waals surface area (Å²) in [4.78, 5) is 2.11. The van der Waals surface area contributed by atoms with Crippen molar-refractivity contribution in [1.82, 2.24) is 4.90 Å². The van der Waals surface area contributed by atoms with Gasteiger partial charge in [-0.1, -0.05) is 6.07 Å². The molecular formula is C13H20BrFN2. The Morgan fingerprint density at radius 2 is 2.00 bits per heavy atom. The van der Waals surface area contributed by atoms with Gasteiger partial charge in [-0.2, -0.15) is 0 Å². The Balaban J connectivity index is 2.81. The van der Waals surface area contributed by atoms with E-state index in [-0.39, 0.29) is 17.4 Å². The van der Waals surface area contributed by atoms with Gasteiger partial charge in [-0.3, -0.25) is 0 Å². The fourth-order valence-corrected chi connectivity index (χ4v) is 1.93. The molecule has 0 radical (unpaired) electrons. The first-order valence-electron chi connectivity index (χ1n) is 5.62. The third-order valence-electron chi connectivity index (χ3n) is 3.50. The van der Waals surface area contributed by atoms with Crippen molar-refractivity contribution >= 4 is 15.9 Å². The van der Waals surface area contributed by atoms with E-state index in [0.717, 1.165) is 12.0 Å². The molecule has 2 nitrogen and oxygen atoms in total. The van der Waals surface area contributed by atoms with Gasteiger partial charge in [-0.25, -0.2) is 4.39 Å². The Labute approximate surface area is 111 Å². The number of benzene rings is 1. The minimum absolute atomic E-state index is 0.00476. The lowest BCUT2D eigenvalue weighted by molar-refractivity contribution is 0.158. The molecular weight excluding hydrogens is 283 g/mol. The van der Waals surface area contributed by atoms with Gasteiger partial charge >= 0.3 is 0 Å². The average Bonchev–Trinajstić information content (AvgIpc) is 2.23. The predicted octanol–water partition coefficient (Wildman–Crippen LogP) is 2.80. The van der Waals surface area contributed by atoms with E-state index in [4.69, 9.17) is 5.73 Å². The highest BCUT2D eigenvalue weighted by atomic mass is 79.9. The average molecular weight is 303 g/mol. The summed E-state index contributed by atoms with van der Waals surface area (Å²) in [5, 5.41) is 0. The van der Waals surface area contributed by atoms with E-state index in [0.29, 0.717) is 4.47 Å². The zero-order chi connectivity index (χ0) is 13.2. The summed E-state index contributed by atoms with van der Waals surface area (Å²) < 4.78 is 13.6. The Bertz CT molecular complexity index is 391. The molecule has 0 aliphatic carbocycles. The lowest BCUT2D eigenvalue weighted by Crippen LogP contribution is -2.54. The molecule has 4 heteroatoms. The number of rotatable bonds is 4. The maximum Gasteiger partial charge on any atom is 0.137 e. The summed E-state index contributed by atoms with van der Waals surface area (Å²) in [6, 6.07) is 5.04. The van der Waals surface area contributed by atoms with Crippen molar-refractivity contribution in [2.24, 2.45) is 5.73 Å². The number of nitrogens with zero attached hydrogens (tertiary/aromatic N) is 1. The van der Waals surface area contributed by atoms with Crippen LogP contribution in [0.5, 0.6) is 0 Å². The Morgan fingerprint density at radius 3 is 2.47 bits per heavy atom. The van der Waals surface area contributed by atoms with E-state index in [1.54, 1.807) is 12.1 Å². The largest absolute Gasteiger partial charge is 0.326 e. The molecule has 1 unspecified atom stereocenters. The van der Waals surface area contributed by atoms with Gasteiger partial charge in [0.2, 0.25) is 0 Å². The smallest absolute Gasteiger partial charge is 0.137 e. The van der Waals surface area contributed by atoms with Gasteiger partial charge in [-0.15, -0.1) is 0 Å². The van der Waals surface area contributed by atoms with Crippen molar-refractivity contribution in [2.45, 2.75) is 31.8 Å². The van der Waals surface area contributed by atoms with E-state index in [9.17, 15) is 4.39 Å². The van der Waals surface area contributed by atoms with E-state index in [1.807, 2.05) is 14.1 Å². The fourth-order valence-electron chi connectivity index (χ4n) is 1.50. The van der Waals surface area contributed by atoms with Gasteiger partial charge < -0.3 is 10.6 Å². The molecule has 0 saturated heterocycles. The van der Waals surface area contributed by atoms with Crippen molar-refractivity contribution in [3.8, 4) is 0 Å². The third-order valence-corrected chi connectivity index (χ3v) is 4.11.